The Hall–Kier alpha value is -0.500. The van der Waals surface area contributed by atoms with Crippen molar-refractivity contribution in [1.29, 1.82) is 0 Å². The highest BCUT2D eigenvalue weighted by Gasteiger charge is 2.28. The molecule has 62 heavy (non-hydrogen) atoms. The zero-order chi connectivity index (χ0) is 45.7. The fourth-order valence-electron chi connectivity index (χ4n) is 8.52. The van der Waals surface area contributed by atoms with Crippen LogP contribution in [0.5, 0.6) is 0 Å². The summed E-state index contributed by atoms with van der Waals surface area (Å²) in [4.78, 5) is 23.1. The molecule has 0 heterocycles. The van der Waals surface area contributed by atoms with Crippen molar-refractivity contribution >= 4 is 13.7 Å². The van der Waals surface area contributed by atoms with E-state index in [0.29, 0.717) is 23.9 Å². The maximum absolute atomic E-state index is 12.8. The summed E-state index contributed by atoms with van der Waals surface area (Å²) in [6.45, 7) is 4.85. The average molecular weight is 902 g/mol. The Labute approximate surface area is 387 Å². The number of aliphatic hydroxyl groups is 1. The largest absolute Gasteiger partial charge is 0.472 e. The predicted octanol–water partition coefficient (Wildman–Crippen LogP) is 16.1. The van der Waals surface area contributed by atoms with E-state index < -0.39 is 20.0 Å². The molecule has 1 amide bonds. The fourth-order valence-corrected chi connectivity index (χ4v) is 9.26. The van der Waals surface area contributed by atoms with Crippen LogP contribution in [0.1, 0.15) is 284 Å². The van der Waals surface area contributed by atoms with E-state index in [-0.39, 0.29) is 19.1 Å². The zero-order valence-corrected chi connectivity index (χ0v) is 43.3. The number of unbranched alkanes of at least 4 members (excludes halogenated alkanes) is 38. The molecule has 0 aromatic rings. The summed E-state index contributed by atoms with van der Waals surface area (Å²) in [5, 5.41) is 13.8. The molecule has 0 aromatic carbocycles. The molecule has 0 spiro atoms. The summed E-state index contributed by atoms with van der Waals surface area (Å²) in [5.74, 6) is -0.143. The summed E-state index contributed by atoms with van der Waals surface area (Å²) in [6.07, 6.45) is 53.6. The molecule has 8 nitrogen and oxygen atoms in total. The number of phosphoric acid groups is 1. The van der Waals surface area contributed by atoms with E-state index in [1.807, 2.05) is 21.1 Å². The summed E-state index contributed by atoms with van der Waals surface area (Å²) < 4.78 is 23.5. The van der Waals surface area contributed by atoms with Crippen LogP contribution in [0.15, 0.2) is 0 Å². The quantitative estimate of drug-likeness (QED) is 0.0319. The Bertz CT molecular complexity index is 978. The third-order valence-electron chi connectivity index (χ3n) is 12.9. The van der Waals surface area contributed by atoms with Crippen molar-refractivity contribution in [3.8, 4) is 0 Å². The average Bonchev–Trinajstić information content (AvgIpc) is 3.23. The lowest BCUT2D eigenvalue weighted by Crippen LogP contribution is -2.46. The van der Waals surface area contributed by atoms with Crippen LogP contribution in [0.25, 0.3) is 0 Å². The van der Waals surface area contributed by atoms with Gasteiger partial charge in [-0.2, -0.15) is 0 Å². The second-order valence-electron chi connectivity index (χ2n) is 20.3. The van der Waals surface area contributed by atoms with Crippen molar-refractivity contribution in [1.82, 2.24) is 5.32 Å². The summed E-state index contributed by atoms with van der Waals surface area (Å²) in [6, 6.07) is -0.751. The van der Waals surface area contributed by atoms with Crippen molar-refractivity contribution < 1.29 is 32.9 Å². The van der Waals surface area contributed by atoms with Gasteiger partial charge in [-0.25, -0.2) is 4.57 Å². The minimum Gasteiger partial charge on any atom is -0.391 e. The Morgan fingerprint density at radius 3 is 1.08 bits per heavy atom. The lowest BCUT2D eigenvalue weighted by molar-refractivity contribution is -0.870. The van der Waals surface area contributed by atoms with Gasteiger partial charge >= 0.3 is 7.82 Å². The molecule has 0 aliphatic heterocycles. The van der Waals surface area contributed by atoms with E-state index in [1.54, 1.807) is 0 Å². The predicted molar refractivity (Wildman–Crippen MR) is 268 cm³/mol. The fraction of sp³-hybridized carbons (Fsp3) is 0.981. The van der Waals surface area contributed by atoms with Gasteiger partial charge in [-0.1, -0.05) is 264 Å². The van der Waals surface area contributed by atoms with Crippen molar-refractivity contribution in [2.75, 3.05) is 40.9 Å². The lowest BCUT2D eigenvalue weighted by atomic mass is 10.0. The number of nitrogens with one attached hydrogen (secondary N) is 1. The molecule has 0 fully saturated rings. The number of phosphoric ester groups is 1. The van der Waals surface area contributed by atoms with Gasteiger partial charge in [-0.15, -0.1) is 0 Å². The number of aliphatic hydroxyl groups excluding tert-OH is 1. The van der Waals surface area contributed by atoms with Crippen molar-refractivity contribution in [2.24, 2.45) is 0 Å². The molecular formula is C53H110N2O6P+. The molecule has 0 radical (unpaired) electrons. The van der Waals surface area contributed by atoms with Crippen LogP contribution in [-0.2, 0) is 18.4 Å². The molecule has 0 saturated heterocycles. The number of quaternary nitrogens is 1. The van der Waals surface area contributed by atoms with E-state index in [2.05, 4.69) is 19.2 Å². The number of hydrogen-bond acceptors (Lipinski definition) is 5. The molecule has 0 aliphatic rings. The number of hydrogen-bond donors (Lipinski definition) is 3. The molecule has 3 unspecified atom stereocenters. The first-order valence-electron chi connectivity index (χ1n) is 27.4. The topological polar surface area (TPSA) is 105 Å². The smallest absolute Gasteiger partial charge is 0.391 e. The van der Waals surface area contributed by atoms with Crippen LogP contribution in [0.2, 0.25) is 0 Å². The van der Waals surface area contributed by atoms with Gasteiger partial charge in [0.25, 0.3) is 0 Å². The van der Waals surface area contributed by atoms with Crippen molar-refractivity contribution in [2.45, 2.75) is 296 Å². The first-order chi connectivity index (χ1) is 30.0. The van der Waals surface area contributed by atoms with Crippen LogP contribution in [0.3, 0.4) is 0 Å². The minimum atomic E-state index is -4.30. The monoisotopic (exact) mass is 902 g/mol. The Balaban J connectivity index is 3.73. The van der Waals surface area contributed by atoms with E-state index in [0.717, 1.165) is 38.5 Å². The third kappa shape index (κ3) is 47.5. The maximum Gasteiger partial charge on any atom is 0.472 e. The SMILES string of the molecule is CCCCCCCCCCCCCCCCCCCCCCCCCCCCCCCCCCCCC(=O)NC(COP(=O)(O)OCC[N+](C)(C)C)C(O)CCCCCCCC. The third-order valence-corrected chi connectivity index (χ3v) is 13.8. The Morgan fingerprint density at radius 1 is 0.484 bits per heavy atom. The molecular weight excluding hydrogens is 792 g/mol. The van der Waals surface area contributed by atoms with Gasteiger partial charge in [-0.3, -0.25) is 13.8 Å². The van der Waals surface area contributed by atoms with Crippen molar-refractivity contribution in [3.63, 3.8) is 0 Å². The Morgan fingerprint density at radius 2 is 0.774 bits per heavy atom. The van der Waals surface area contributed by atoms with Gasteiger partial charge in [0.1, 0.15) is 13.2 Å². The van der Waals surface area contributed by atoms with Gasteiger partial charge in [0, 0.05) is 6.42 Å². The molecule has 0 aliphatic carbocycles. The van der Waals surface area contributed by atoms with Crippen LogP contribution in [-0.4, -0.2) is 73.4 Å². The number of carbonyl (C=O) groups is 1. The second-order valence-corrected chi connectivity index (χ2v) is 21.8. The van der Waals surface area contributed by atoms with Crippen LogP contribution in [0.4, 0.5) is 0 Å². The summed E-state index contributed by atoms with van der Waals surface area (Å²) in [5.41, 5.74) is 0. The number of rotatable bonds is 51. The molecule has 3 N–H and O–H groups in total. The van der Waals surface area contributed by atoms with Crippen LogP contribution >= 0.6 is 7.82 Å². The molecule has 0 aromatic heterocycles. The van der Waals surface area contributed by atoms with Crippen LogP contribution < -0.4 is 5.32 Å². The molecule has 372 valence electrons. The second kappa shape index (κ2) is 45.6. The van der Waals surface area contributed by atoms with Crippen molar-refractivity contribution in [3.05, 3.63) is 0 Å². The van der Waals surface area contributed by atoms with Gasteiger partial charge in [0.2, 0.25) is 5.91 Å². The number of nitrogens with zero attached hydrogens (tertiary/aromatic N) is 1. The highest BCUT2D eigenvalue weighted by atomic mass is 31.2. The zero-order valence-electron chi connectivity index (χ0n) is 42.4. The van der Waals surface area contributed by atoms with E-state index in [4.69, 9.17) is 9.05 Å². The van der Waals surface area contributed by atoms with E-state index in [9.17, 15) is 19.4 Å². The minimum absolute atomic E-state index is 0.0777. The van der Waals surface area contributed by atoms with Crippen LogP contribution in [0, 0.1) is 0 Å². The molecule has 9 heteroatoms. The highest BCUT2D eigenvalue weighted by Crippen LogP contribution is 2.43. The number of carbonyl (C=O) groups excluding carboxylic acids is 1. The highest BCUT2D eigenvalue weighted by molar-refractivity contribution is 7.47. The summed E-state index contributed by atoms with van der Waals surface area (Å²) in [7, 11) is 1.63. The first-order valence-corrected chi connectivity index (χ1v) is 28.9. The van der Waals surface area contributed by atoms with Gasteiger partial charge in [-0.05, 0) is 12.8 Å². The standard InChI is InChI=1S/C53H109N2O6P/c1-6-8-10-12-14-15-16-17-18-19-20-21-22-23-24-25-26-27-28-29-30-31-32-33-34-35-36-37-38-39-40-41-43-45-47-53(57)54-51(52(56)46-44-42-13-11-9-7-2)50-61-62(58,59)60-49-48-55(3,4)5/h51-52,56H,6-50H2,1-5H3,(H-,54,57,58,59)/p+1. The molecule has 0 rings (SSSR count). The van der Waals surface area contributed by atoms with E-state index in [1.165, 1.54) is 218 Å². The number of amides is 1. The molecule has 3 atom stereocenters. The first kappa shape index (κ1) is 61.5. The van der Waals surface area contributed by atoms with Gasteiger partial charge in [0.05, 0.1) is 39.9 Å². The molecule has 0 bridgehead atoms. The summed E-state index contributed by atoms with van der Waals surface area (Å²) >= 11 is 0. The maximum atomic E-state index is 12.8. The van der Waals surface area contributed by atoms with Gasteiger partial charge < -0.3 is 19.8 Å². The normalized spacial score (nSPS) is 14.0. The number of likely N-dealkylation sites (N-methyl/N-ethyl adjacent to an activating group) is 1. The van der Waals surface area contributed by atoms with E-state index >= 15 is 0 Å². The van der Waals surface area contributed by atoms with Gasteiger partial charge in [0.15, 0.2) is 0 Å². The molecule has 0 saturated carbocycles. The lowest BCUT2D eigenvalue weighted by Gasteiger charge is -2.26. The Kier molecular flexibility index (Phi) is 45.3.